The third kappa shape index (κ3) is 4.22. The van der Waals surface area contributed by atoms with Gasteiger partial charge >= 0.3 is 0 Å². The number of aromatic nitrogens is 2. The number of hydrogen-bond acceptors (Lipinski definition) is 5. The van der Waals surface area contributed by atoms with E-state index in [1.165, 1.54) is 0 Å². The fraction of sp³-hybridized carbons (Fsp3) is 0.571. The molecule has 7 nitrogen and oxygen atoms in total. The normalized spacial score (nSPS) is 19.9. The lowest BCUT2D eigenvalue weighted by Gasteiger charge is -2.22. The zero-order chi connectivity index (χ0) is 15.2. The Labute approximate surface area is 124 Å². The summed E-state index contributed by atoms with van der Waals surface area (Å²) in [5, 5.41) is 2.67. The molecule has 0 aromatic carbocycles. The topological polar surface area (TPSA) is 78.4 Å². The van der Waals surface area contributed by atoms with Gasteiger partial charge in [0.2, 0.25) is 11.8 Å². The summed E-state index contributed by atoms with van der Waals surface area (Å²) in [7, 11) is 1.62. The van der Waals surface area contributed by atoms with Gasteiger partial charge in [-0.15, -0.1) is 0 Å². The van der Waals surface area contributed by atoms with E-state index in [0.29, 0.717) is 26.2 Å². The van der Waals surface area contributed by atoms with E-state index in [1.807, 2.05) is 0 Å². The van der Waals surface area contributed by atoms with Crippen LogP contribution >= 0.6 is 0 Å². The second kappa shape index (κ2) is 7.12. The van der Waals surface area contributed by atoms with Gasteiger partial charge in [0.25, 0.3) is 0 Å². The van der Waals surface area contributed by atoms with Gasteiger partial charge in [-0.1, -0.05) is 0 Å². The van der Waals surface area contributed by atoms with Crippen molar-refractivity contribution in [3.05, 3.63) is 24.3 Å². The molecule has 2 heterocycles. The monoisotopic (exact) mass is 291 g/mol. The van der Waals surface area contributed by atoms with E-state index in [-0.39, 0.29) is 17.7 Å². The van der Waals surface area contributed by atoms with E-state index in [4.69, 9.17) is 0 Å². The van der Waals surface area contributed by atoms with E-state index < -0.39 is 0 Å². The summed E-state index contributed by atoms with van der Waals surface area (Å²) in [5.41, 5.74) is 0.865. The van der Waals surface area contributed by atoms with Crippen LogP contribution in [0.2, 0.25) is 0 Å². The molecule has 114 valence electrons. The Balaban J connectivity index is 2.08. The van der Waals surface area contributed by atoms with Gasteiger partial charge in [0, 0.05) is 65.3 Å². The lowest BCUT2D eigenvalue weighted by atomic mass is 10.1. The number of carbonyl (C=O) groups excluding carboxylic acids is 2. The van der Waals surface area contributed by atoms with Gasteiger partial charge in [-0.2, -0.15) is 0 Å². The number of nitrogens with one attached hydrogen (secondary N) is 1. The van der Waals surface area contributed by atoms with Gasteiger partial charge in [0.1, 0.15) is 0 Å². The van der Waals surface area contributed by atoms with E-state index in [1.54, 1.807) is 37.5 Å². The molecule has 0 spiro atoms. The van der Waals surface area contributed by atoms with Crippen molar-refractivity contribution in [2.45, 2.75) is 13.5 Å². The van der Waals surface area contributed by atoms with E-state index in [0.717, 1.165) is 12.2 Å². The average molecular weight is 291 g/mol. The minimum Gasteiger partial charge on any atom is -0.359 e. The largest absolute Gasteiger partial charge is 0.359 e. The Hall–Kier alpha value is -2.02. The Kier molecular flexibility index (Phi) is 5.21. The van der Waals surface area contributed by atoms with Crippen LogP contribution in [0.25, 0.3) is 0 Å². The van der Waals surface area contributed by atoms with Crippen LogP contribution in [0.4, 0.5) is 0 Å². The maximum atomic E-state index is 12.0. The Morgan fingerprint density at radius 1 is 1.33 bits per heavy atom. The highest BCUT2D eigenvalue weighted by molar-refractivity contribution is 5.80. The van der Waals surface area contributed by atoms with Crippen LogP contribution < -0.4 is 5.32 Å². The SMILES string of the molecule is CNC(=O)C1CN(Cc2cnccn2)CCN(C(C)=O)C1. The van der Waals surface area contributed by atoms with Gasteiger partial charge in [-0.3, -0.25) is 24.5 Å². The molecular formula is C14H21N5O2. The quantitative estimate of drug-likeness (QED) is 0.812. The first-order chi connectivity index (χ1) is 10.1. The summed E-state index contributed by atoms with van der Waals surface area (Å²) >= 11 is 0. The summed E-state index contributed by atoms with van der Waals surface area (Å²) in [6.07, 6.45) is 5.02. The molecule has 1 aliphatic heterocycles. The van der Waals surface area contributed by atoms with Gasteiger partial charge in [-0.05, 0) is 0 Å². The standard InChI is InChI=1S/C14H21N5O2/c1-11(20)19-6-5-18(8-12(9-19)14(21)15-2)10-13-7-16-3-4-17-13/h3-4,7,12H,5-6,8-10H2,1-2H3,(H,15,21). The van der Waals surface area contributed by atoms with E-state index >= 15 is 0 Å². The van der Waals surface area contributed by atoms with Crippen molar-refractivity contribution in [2.75, 3.05) is 33.2 Å². The Morgan fingerprint density at radius 2 is 2.14 bits per heavy atom. The molecule has 1 N–H and O–H groups in total. The molecule has 1 saturated heterocycles. The maximum absolute atomic E-state index is 12.0. The molecule has 21 heavy (non-hydrogen) atoms. The molecule has 1 aromatic rings. The third-order valence-corrected chi connectivity index (χ3v) is 3.67. The molecule has 1 aliphatic rings. The zero-order valence-electron chi connectivity index (χ0n) is 12.5. The van der Waals surface area contributed by atoms with Crippen molar-refractivity contribution in [2.24, 2.45) is 5.92 Å². The van der Waals surface area contributed by atoms with Gasteiger partial charge in [0.05, 0.1) is 11.6 Å². The van der Waals surface area contributed by atoms with Crippen LogP contribution in [0.15, 0.2) is 18.6 Å². The van der Waals surface area contributed by atoms with Crippen molar-refractivity contribution >= 4 is 11.8 Å². The van der Waals surface area contributed by atoms with Gasteiger partial charge in [-0.25, -0.2) is 0 Å². The van der Waals surface area contributed by atoms with Crippen molar-refractivity contribution < 1.29 is 9.59 Å². The first-order valence-corrected chi connectivity index (χ1v) is 7.04. The average Bonchev–Trinajstić information content (AvgIpc) is 2.70. The molecule has 0 saturated carbocycles. The number of hydrogen-bond donors (Lipinski definition) is 1. The fourth-order valence-electron chi connectivity index (χ4n) is 2.52. The van der Waals surface area contributed by atoms with Crippen LogP contribution in [0, 0.1) is 5.92 Å². The van der Waals surface area contributed by atoms with Gasteiger partial charge < -0.3 is 10.2 Å². The molecule has 0 bridgehead atoms. The van der Waals surface area contributed by atoms with E-state index in [2.05, 4.69) is 20.2 Å². The van der Waals surface area contributed by atoms with Crippen LogP contribution in [0.5, 0.6) is 0 Å². The van der Waals surface area contributed by atoms with Gasteiger partial charge in [0.15, 0.2) is 0 Å². The number of nitrogens with zero attached hydrogens (tertiary/aromatic N) is 4. The minimum atomic E-state index is -0.224. The minimum absolute atomic E-state index is 0.00487. The number of carbonyl (C=O) groups is 2. The molecule has 0 radical (unpaired) electrons. The Bertz CT molecular complexity index is 493. The predicted octanol–water partition coefficient (Wildman–Crippen LogP) is -0.497. The molecule has 1 unspecified atom stereocenters. The summed E-state index contributed by atoms with van der Waals surface area (Å²) < 4.78 is 0. The molecule has 1 fully saturated rings. The van der Waals surface area contributed by atoms with Crippen molar-refractivity contribution in [3.8, 4) is 0 Å². The summed E-state index contributed by atoms with van der Waals surface area (Å²) in [6, 6.07) is 0. The first kappa shape index (κ1) is 15.4. The maximum Gasteiger partial charge on any atom is 0.225 e. The van der Waals surface area contributed by atoms with Crippen LogP contribution in [-0.4, -0.2) is 64.8 Å². The third-order valence-electron chi connectivity index (χ3n) is 3.67. The number of rotatable bonds is 3. The van der Waals surface area contributed by atoms with E-state index in [9.17, 15) is 9.59 Å². The second-order valence-electron chi connectivity index (χ2n) is 5.21. The summed E-state index contributed by atoms with van der Waals surface area (Å²) in [5.74, 6) is -0.254. The van der Waals surface area contributed by atoms with Crippen molar-refractivity contribution in [3.63, 3.8) is 0 Å². The molecule has 0 aliphatic carbocycles. The molecular weight excluding hydrogens is 270 g/mol. The highest BCUT2D eigenvalue weighted by Gasteiger charge is 2.28. The van der Waals surface area contributed by atoms with Crippen molar-refractivity contribution in [1.29, 1.82) is 0 Å². The Morgan fingerprint density at radius 3 is 2.76 bits per heavy atom. The smallest absolute Gasteiger partial charge is 0.225 e. The lowest BCUT2D eigenvalue weighted by molar-refractivity contribution is -0.130. The highest BCUT2D eigenvalue weighted by atomic mass is 16.2. The lowest BCUT2D eigenvalue weighted by Crippen LogP contribution is -2.40. The molecule has 1 atom stereocenters. The zero-order valence-corrected chi connectivity index (χ0v) is 12.5. The summed E-state index contributed by atoms with van der Waals surface area (Å²) in [6.45, 7) is 4.60. The molecule has 2 amide bonds. The second-order valence-corrected chi connectivity index (χ2v) is 5.21. The molecule has 7 heteroatoms. The number of amides is 2. The molecule has 2 rings (SSSR count). The highest BCUT2D eigenvalue weighted by Crippen LogP contribution is 2.12. The molecule has 1 aromatic heterocycles. The predicted molar refractivity (Wildman–Crippen MR) is 77.1 cm³/mol. The fourth-order valence-corrected chi connectivity index (χ4v) is 2.52. The van der Waals surface area contributed by atoms with Crippen molar-refractivity contribution in [1.82, 2.24) is 25.1 Å². The summed E-state index contributed by atoms with van der Waals surface area (Å²) in [4.78, 5) is 35.8. The van der Waals surface area contributed by atoms with Crippen LogP contribution in [0.1, 0.15) is 12.6 Å². The van der Waals surface area contributed by atoms with Crippen LogP contribution in [-0.2, 0) is 16.1 Å². The van der Waals surface area contributed by atoms with Crippen LogP contribution in [0.3, 0.4) is 0 Å². The first-order valence-electron chi connectivity index (χ1n) is 7.04.